The molecule has 2 N–H and O–H groups in total. The van der Waals surface area contributed by atoms with Gasteiger partial charge in [-0.05, 0) is 32.3 Å². The number of hydrogen-bond acceptors (Lipinski definition) is 6. The van der Waals surface area contributed by atoms with Crippen molar-refractivity contribution in [2.45, 2.75) is 26.4 Å². The molecule has 0 spiro atoms. The summed E-state index contributed by atoms with van der Waals surface area (Å²) < 4.78 is 0.633. The van der Waals surface area contributed by atoms with Gasteiger partial charge >= 0.3 is 0 Å². The molecule has 0 aliphatic carbocycles. The molecular formula is C15H17N5O2S. The number of aromatic nitrogens is 4. The summed E-state index contributed by atoms with van der Waals surface area (Å²) in [6.45, 7) is 4.17. The fourth-order valence-corrected chi connectivity index (χ4v) is 3.10. The minimum absolute atomic E-state index is 0.119. The predicted molar refractivity (Wildman–Crippen MR) is 89.7 cm³/mol. The van der Waals surface area contributed by atoms with Gasteiger partial charge in [-0.1, -0.05) is 0 Å². The molecule has 0 saturated heterocycles. The number of hydrogen-bond donors (Lipinski definition) is 2. The highest BCUT2D eigenvalue weighted by atomic mass is 32.1. The Morgan fingerprint density at radius 3 is 2.83 bits per heavy atom. The van der Waals surface area contributed by atoms with E-state index < -0.39 is 0 Å². The minimum atomic E-state index is -0.168. The Balaban J connectivity index is 1.85. The molecule has 0 aromatic carbocycles. The first-order valence-electron chi connectivity index (χ1n) is 7.18. The number of aromatic amines is 2. The van der Waals surface area contributed by atoms with Crippen molar-refractivity contribution >= 4 is 21.6 Å². The molecule has 3 heterocycles. The van der Waals surface area contributed by atoms with Crippen LogP contribution in [-0.4, -0.2) is 31.9 Å². The lowest BCUT2D eigenvalue weighted by molar-refractivity contribution is 0.237. The zero-order chi connectivity index (χ0) is 16.6. The maximum Gasteiger partial charge on any atom is 0.268 e. The summed E-state index contributed by atoms with van der Waals surface area (Å²) in [5, 5.41) is 1.85. The summed E-state index contributed by atoms with van der Waals surface area (Å²) in [6, 6.07) is 3.17. The van der Waals surface area contributed by atoms with Crippen molar-refractivity contribution in [1.82, 2.24) is 24.8 Å². The lowest BCUT2D eigenvalue weighted by Gasteiger charge is -2.23. The second kappa shape index (κ2) is 6.05. The predicted octanol–water partition coefficient (Wildman–Crippen LogP) is 1.57. The van der Waals surface area contributed by atoms with Crippen molar-refractivity contribution in [3.63, 3.8) is 0 Å². The van der Waals surface area contributed by atoms with E-state index in [4.69, 9.17) is 0 Å². The Hall–Kier alpha value is -2.32. The molecule has 0 radical (unpaired) electrons. The molecule has 1 atom stereocenters. The van der Waals surface area contributed by atoms with Gasteiger partial charge in [0.2, 0.25) is 0 Å². The third kappa shape index (κ3) is 3.22. The average Bonchev–Trinajstić information content (AvgIpc) is 2.94. The van der Waals surface area contributed by atoms with Crippen LogP contribution in [0.5, 0.6) is 0 Å². The number of aryl methyl sites for hydroxylation is 1. The van der Waals surface area contributed by atoms with E-state index in [-0.39, 0.29) is 17.2 Å². The fraction of sp³-hybridized carbons (Fsp3) is 0.333. The van der Waals surface area contributed by atoms with E-state index in [0.29, 0.717) is 34.1 Å². The molecule has 8 heteroatoms. The molecule has 0 saturated carbocycles. The smallest absolute Gasteiger partial charge is 0.268 e. The van der Waals surface area contributed by atoms with E-state index >= 15 is 0 Å². The molecule has 120 valence electrons. The number of rotatable bonds is 4. The maximum absolute atomic E-state index is 12.0. The molecule has 23 heavy (non-hydrogen) atoms. The van der Waals surface area contributed by atoms with Crippen LogP contribution in [0.4, 0.5) is 0 Å². The monoisotopic (exact) mass is 331 g/mol. The quantitative estimate of drug-likeness (QED) is 0.757. The number of nitrogens with one attached hydrogen (secondary N) is 2. The third-order valence-corrected chi connectivity index (χ3v) is 4.61. The Labute approximate surface area is 136 Å². The summed E-state index contributed by atoms with van der Waals surface area (Å²) in [5.41, 5.74) is 1.09. The van der Waals surface area contributed by atoms with Crippen LogP contribution in [0, 0.1) is 6.92 Å². The largest absolute Gasteiger partial charge is 0.309 e. The Morgan fingerprint density at radius 1 is 1.30 bits per heavy atom. The molecule has 0 amide bonds. The second-order valence-corrected chi connectivity index (χ2v) is 6.43. The van der Waals surface area contributed by atoms with Crippen molar-refractivity contribution in [3.8, 4) is 0 Å². The van der Waals surface area contributed by atoms with Crippen LogP contribution >= 0.6 is 11.3 Å². The first-order valence-corrected chi connectivity index (χ1v) is 8.06. The van der Waals surface area contributed by atoms with Gasteiger partial charge in [0.05, 0.1) is 18.1 Å². The van der Waals surface area contributed by atoms with E-state index in [9.17, 15) is 9.59 Å². The lowest BCUT2D eigenvalue weighted by atomic mass is 10.2. The van der Waals surface area contributed by atoms with Crippen LogP contribution in [-0.2, 0) is 6.54 Å². The molecule has 0 aliphatic rings. The summed E-state index contributed by atoms with van der Waals surface area (Å²) in [6.07, 6.45) is 0. The van der Waals surface area contributed by atoms with Crippen molar-refractivity contribution in [2.24, 2.45) is 0 Å². The summed E-state index contributed by atoms with van der Waals surface area (Å²) >= 11 is 1.38. The highest BCUT2D eigenvalue weighted by Crippen LogP contribution is 2.17. The van der Waals surface area contributed by atoms with Crippen molar-refractivity contribution in [1.29, 1.82) is 0 Å². The van der Waals surface area contributed by atoms with Crippen molar-refractivity contribution in [2.75, 3.05) is 7.05 Å². The summed E-state index contributed by atoms with van der Waals surface area (Å²) in [7, 11) is 1.89. The topological polar surface area (TPSA) is 94.7 Å². The van der Waals surface area contributed by atoms with E-state index in [0.717, 1.165) is 0 Å². The van der Waals surface area contributed by atoms with Gasteiger partial charge in [-0.3, -0.25) is 14.5 Å². The SMILES string of the molecule is Cc1cc(=O)[nH]c([C@H](C)N(C)Cc2nc3ccsc3c(=O)[nH]2)n1. The second-order valence-electron chi connectivity index (χ2n) is 5.51. The first kappa shape index (κ1) is 15.6. The zero-order valence-electron chi connectivity index (χ0n) is 13.1. The molecule has 3 rings (SSSR count). The number of H-pyrrole nitrogens is 2. The van der Waals surface area contributed by atoms with Gasteiger partial charge in [0, 0.05) is 11.8 Å². The highest BCUT2D eigenvalue weighted by Gasteiger charge is 2.16. The zero-order valence-corrected chi connectivity index (χ0v) is 13.9. The Bertz CT molecular complexity index is 958. The Kier molecular flexibility index (Phi) is 4.10. The molecule has 0 bridgehead atoms. The molecule has 3 aromatic rings. The lowest BCUT2D eigenvalue weighted by Crippen LogP contribution is -2.27. The Morgan fingerprint density at radius 2 is 2.09 bits per heavy atom. The fourth-order valence-electron chi connectivity index (χ4n) is 2.38. The summed E-state index contributed by atoms with van der Waals surface area (Å²) in [4.78, 5) is 40.0. The molecule has 0 unspecified atom stereocenters. The van der Waals surface area contributed by atoms with Crippen LogP contribution in [0.3, 0.4) is 0 Å². The normalized spacial score (nSPS) is 12.9. The van der Waals surface area contributed by atoms with E-state index in [1.807, 2.05) is 30.3 Å². The van der Waals surface area contributed by atoms with Gasteiger partial charge in [0.1, 0.15) is 16.3 Å². The van der Waals surface area contributed by atoms with Crippen LogP contribution in [0.2, 0.25) is 0 Å². The van der Waals surface area contributed by atoms with Gasteiger partial charge in [-0.2, -0.15) is 0 Å². The van der Waals surface area contributed by atoms with E-state index in [1.54, 1.807) is 6.92 Å². The third-order valence-electron chi connectivity index (χ3n) is 3.71. The summed E-state index contributed by atoms with van der Waals surface area (Å²) in [5.74, 6) is 1.18. The molecule has 7 nitrogen and oxygen atoms in total. The number of fused-ring (bicyclic) bond motifs is 1. The van der Waals surface area contributed by atoms with E-state index in [2.05, 4.69) is 19.9 Å². The van der Waals surface area contributed by atoms with E-state index in [1.165, 1.54) is 17.4 Å². The maximum atomic E-state index is 12.0. The minimum Gasteiger partial charge on any atom is -0.309 e. The highest BCUT2D eigenvalue weighted by molar-refractivity contribution is 7.17. The van der Waals surface area contributed by atoms with Gasteiger partial charge < -0.3 is 9.97 Å². The number of nitrogens with zero attached hydrogens (tertiary/aromatic N) is 3. The van der Waals surface area contributed by atoms with Crippen molar-refractivity contribution < 1.29 is 0 Å². The van der Waals surface area contributed by atoms with Crippen LogP contribution < -0.4 is 11.1 Å². The first-order chi connectivity index (χ1) is 10.9. The van der Waals surface area contributed by atoms with Crippen LogP contribution in [0.1, 0.15) is 30.3 Å². The molecule has 0 aliphatic heterocycles. The molecular weight excluding hydrogens is 314 g/mol. The standard InChI is InChI=1S/C15H17N5O2S/c1-8-6-12(21)19-14(16-8)9(2)20(3)7-11-17-10-4-5-23-13(10)15(22)18-11/h4-6,9H,7H2,1-3H3,(H,16,19,21)(H,17,18,22)/t9-/m0/s1. The van der Waals surface area contributed by atoms with Gasteiger partial charge in [-0.15, -0.1) is 11.3 Å². The van der Waals surface area contributed by atoms with Gasteiger partial charge in [0.15, 0.2) is 0 Å². The van der Waals surface area contributed by atoms with Crippen LogP contribution in [0.25, 0.3) is 10.2 Å². The average molecular weight is 331 g/mol. The van der Waals surface area contributed by atoms with Gasteiger partial charge in [-0.25, -0.2) is 9.97 Å². The molecule has 3 aromatic heterocycles. The molecule has 0 fully saturated rings. The number of thiophene rings is 1. The van der Waals surface area contributed by atoms with Crippen molar-refractivity contribution in [3.05, 3.63) is 55.6 Å². The van der Waals surface area contributed by atoms with Gasteiger partial charge in [0.25, 0.3) is 11.1 Å². The van der Waals surface area contributed by atoms with Crippen LogP contribution in [0.15, 0.2) is 27.1 Å².